The highest BCUT2D eigenvalue weighted by Gasteiger charge is 2.20. The first-order valence-corrected chi connectivity index (χ1v) is 9.98. The number of anilines is 2. The van der Waals surface area contributed by atoms with Crippen LogP contribution in [0.4, 0.5) is 11.5 Å². The lowest BCUT2D eigenvalue weighted by atomic mass is 9.95. The number of aliphatic carboxylic acids is 1. The molecule has 1 aromatic heterocycles. The zero-order chi connectivity index (χ0) is 18.6. The van der Waals surface area contributed by atoms with Gasteiger partial charge in [0.05, 0.1) is 12.1 Å². The number of allylic oxidation sites excluding steroid dienone is 1. The number of aromatic nitrogens is 2. The second-order valence-corrected chi connectivity index (χ2v) is 7.94. The lowest BCUT2D eigenvalue weighted by molar-refractivity contribution is -0.136. The number of nitrogens with zero attached hydrogens (tertiary/aromatic N) is 3. The Morgan fingerprint density at radius 1 is 1.30 bits per heavy atom. The summed E-state index contributed by atoms with van der Waals surface area (Å²) in [6.07, 6.45) is 9.56. The molecule has 0 saturated carbocycles. The Balaban J connectivity index is 1.34. The van der Waals surface area contributed by atoms with E-state index < -0.39 is 5.97 Å². The lowest BCUT2D eigenvalue weighted by Gasteiger charge is -2.31. The largest absolute Gasteiger partial charge is 0.481 e. The molecule has 4 rings (SSSR count). The molecule has 2 N–H and O–H groups in total. The van der Waals surface area contributed by atoms with Crippen LogP contribution in [0.3, 0.4) is 0 Å². The number of piperidine rings is 1. The number of likely N-dealkylation sites (tertiary alicyclic amines) is 1. The lowest BCUT2D eigenvalue weighted by Crippen LogP contribution is -2.32. The second-order valence-electron chi connectivity index (χ2n) is 6.91. The molecule has 0 radical (unpaired) electrons. The van der Waals surface area contributed by atoms with Crippen LogP contribution in [0, 0.1) is 5.92 Å². The summed E-state index contributed by atoms with van der Waals surface area (Å²) < 4.78 is 0. The third-order valence-corrected chi connectivity index (χ3v) is 5.98. The minimum Gasteiger partial charge on any atom is -0.481 e. The van der Waals surface area contributed by atoms with Gasteiger partial charge in [0.2, 0.25) is 0 Å². The molecule has 0 unspecified atom stereocenters. The highest BCUT2D eigenvalue weighted by Crippen LogP contribution is 2.42. The van der Waals surface area contributed by atoms with E-state index in [1.54, 1.807) is 30.2 Å². The number of hydrogen-bond acceptors (Lipinski definition) is 6. The first-order chi connectivity index (χ1) is 13.2. The van der Waals surface area contributed by atoms with Crippen LogP contribution in [-0.4, -0.2) is 39.0 Å². The van der Waals surface area contributed by atoms with Gasteiger partial charge in [0.25, 0.3) is 0 Å². The molecule has 27 heavy (non-hydrogen) atoms. The van der Waals surface area contributed by atoms with E-state index in [2.05, 4.69) is 44.5 Å². The van der Waals surface area contributed by atoms with Crippen molar-refractivity contribution in [3.05, 3.63) is 48.3 Å². The maximum absolute atomic E-state index is 10.6. The van der Waals surface area contributed by atoms with E-state index in [4.69, 9.17) is 5.11 Å². The van der Waals surface area contributed by atoms with Gasteiger partial charge in [0.1, 0.15) is 5.03 Å². The van der Waals surface area contributed by atoms with E-state index in [-0.39, 0.29) is 6.42 Å². The summed E-state index contributed by atoms with van der Waals surface area (Å²) in [6, 6.07) is 6.55. The summed E-state index contributed by atoms with van der Waals surface area (Å²) in [7, 11) is 0. The van der Waals surface area contributed by atoms with Gasteiger partial charge in [-0.15, -0.1) is 0 Å². The molecular weight excluding hydrogens is 360 g/mol. The number of nitrogens with one attached hydrogen (secondary N) is 1. The van der Waals surface area contributed by atoms with Gasteiger partial charge in [0.15, 0.2) is 5.82 Å². The fourth-order valence-corrected chi connectivity index (χ4v) is 4.38. The summed E-state index contributed by atoms with van der Waals surface area (Å²) >= 11 is 1.65. The van der Waals surface area contributed by atoms with Crippen LogP contribution in [-0.2, 0) is 11.3 Å². The van der Waals surface area contributed by atoms with Crippen LogP contribution in [0.5, 0.6) is 0 Å². The highest BCUT2D eigenvalue weighted by atomic mass is 32.2. The van der Waals surface area contributed by atoms with Gasteiger partial charge < -0.3 is 10.4 Å². The average molecular weight is 382 g/mol. The molecule has 2 aliphatic rings. The van der Waals surface area contributed by atoms with Crippen molar-refractivity contribution in [2.75, 3.05) is 18.4 Å². The van der Waals surface area contributed by atoms with Crippen LogP contribution < -0.4 is 5.32 Å². The third kappa shape index (κ3) is 4.48. The molecule has 0 spiro atoms. The molecule has 140 valence electrons. The van der Waals surface area contributed by atoms with E-state index in [1.807, 2.05) is 0 Å². The topological polar surface area (TPSA) is 78.4 Å². The van der Waals surface area contributed by atoms with E-state index in [0.717, 1.165) is 49.0 Å². The number of fused-ring (bicyclic) bond motifs is 2. The summed E-state index contributed by atoms with van der Waals surface area (Å²) in [4.78, 5) is 23.0. The Morgan fingerprint density at radius 3 is 2.93 bits per heavy atom. The van der Waals surface area contributed by atoms with E-state index in [9.17, 15) is 4.79 Å². The van der Waals surface area contributed by atoms with Crippen LogP contribution in [0.2, 0.25) is 0 Å². The molecule has 1 fully saturated rings. The minimum absolute atomic E-state index is 0.119. The molecule has 1 aromatic carbocycles. The van der Waals surface area contributed by atoms with Gasteiger partial charge in [-0.25, -0.2) is 9.97 Å². The van der Waals surface area contributed by atoms with Gasteiger partial charge in [-0.05, 0) is 49.5 Å². The molecule has 3 heterocycles. The Hall–Kier alpha value is -2.38. The number of carboxylic acids is 1. The van der Waals surface area contributed by atoms with E-state index >= 15 is 0 Å². The molecular formula is C20H22N4O2S. The Morgan fingerprint density at radius 2 is 2.11 bits per heavy atom. The first-order valence-electron chi connectivity index (χ1n) is 9.17. The van der Waals surface area contributed by atoms with Gasteiger partial charge in [-0.1, -0.05) is 30.0 Å². The number of benzene rings is 1. The zero-order valence-corrected chi connectivity index (χ0v) is 15.8. The molecule has 0 aliphatic carbocycles. The third-order valence-electron chi connectivity index (χ3n) is 4.91. The number of carbonyl (C=O) groups is 1. The van der Waals surface area contributed by atoms with Gasteiger partial charge in [-0.3, -0.25) is 9.69 Å². The maximum Gasteiger partial charge on any atom is 0.307 e. The molecule has 2 aromatic rings. The van der Waals surface area contributed by atoms with Gasteiger partial charge in [-0.2, -0.15) is 0 Å². The highest BCUT2D eigenvalue weighted by molar-refractivity contribution is 7.99. The predicted octanol–water partition coefficient (Wildman–Crippen LogP) is 3.93. The van der Waals surface area contributed by atoms with Crippen molar-refractivity contribution < 1.29 is 9.90 Å². The average Bonchev–Trinajstić information content (AvgIpc) is 2.67. The molecule has 0 bridgehead atoms. The monoisotopic (exact) mass is 382 g/mol. The smallest absolute Gasteiger partial charge is 0.307 e. The van der Waals surface area contributed by atoms with Crippen molar-refractivity contribution >= 4 is 29.2 Å². The van der Waals surface area contributed by atoms with Crippen LogP contribution >= 0.6 is 11.8 Å². The maximum atomic E-state index is 10.6. The molecule has 1 saturated heterocycles. The van der Waals surface area contributed by atoms with Crippen molar-refractivity contribution in [2.45, 2.75) is 35.7 Å². The Kier molecular flexibility index (Phi) is 5.40. The van der Waals surface area contributed by atoms with E-state index in [1.165, 1.54) is 10.5 Å². The minimum atomic E-state index is -0.767. The predicted molar refractivity (Wildman–Crippen MR) is 105 cm³/mol. The second kappa shape index (κ2) is 8.10. The molecule has 0 amide bonds. The fourth-order valence-electron chi connectivity index (χ4n) is 3.50. The van der Waals surface area contributed by atoms with E-state index in [0.29, 0.717) is 5.92 Å². The summed E-state index contributed by atoms with van der Waals surface area (Å²) in [5.41, 5.74) is 2.38. The number of rotatable bonds is 5. The zero-order valence-electron chi connectivity index (χ0n) is 15.0. The SMILES string of the molecule is O=C(O)CC=CC1CCN(Cc2ccc3c(c2)Nc2nccnc2S3)CC1. The number of hydrogen-bond donors (Lipinski definition) is 2. The quantitative estimate of drug-likeness (QED) is 0.647. The van der Waals surface area contributed by atoms with Gasteiger partial charge >= 0.3 is 5.97 Å². The van der Waals surface area contributed by atoms with Crippen LogP contribution in [0.25, 0.3) is 0 Å². The van der Waals surface area contributed by atoms with Crippen molar-refractivity contribution in [1.82, 2.24) is 14.9 Å². The van der Waals surface area contributed by atoms with Crippen LogP contribution in [0.1, 0.15) is 24.8 Å². The van der Waals surface area contributed by atoms with Crippen LogP contribution in [0.15, 0.2) is 52.7 Å². The Labute approximate surface area is 162 Å². The normalized spacial score (nSPS) is 17.3. The Bertz CT molecular complexity index is 863. The summed E-state index contributed by atoms with van der Waals surface area (Å²) in [5, 5.41) is 13.0. The molecule has 2 aliphatic heterocycles. The van der Waals surface area contributed by atoms with Crippen molar-refractivity contribution in [3.8, 4) is 0 Å². The van der Waals surface area contributed by atoms with Crippen molar-refractivity contribution in [2.24, 2.45) is 5.92 Å². The standard InChI is InChI=1S/C20H22N4O2S/c25-18(26)3-1-2-14-6-10-24(11-7-14)13-15-4-5-17-16(12-15)23-19-20(27-17)22-9-8-21-19/h1-2,4-5,8-9,12,14H,3,6-7,10-11,13H2,(H,21,23)(H,25,26). The molecule has 0 atom stereocenters. The molecule has 7 heteroatoms. The van der Waals surface area contributed by atoms with Gasteiger partial charge in [0, 0.05) is 23.8 Å². The summed E-state index contributed by atoms with van der Waals surface area (Å²) in [6.45, 7) is 3.00. The summed E-state index contributed by atoms with van der Waals surface area (Å²) in [5.74, 6) is 0.551. The van der Waals surface area contributed by atoms with Crippen molar-refractivity contribution in [3.63, 3.8) is 0 Å². The van der Waals surface area contributed by atoms with Crippen molar-refractivity contribution in [1.29, 1.82) is 0 Å². The molecule has 6 nitrogen and oxygen atoms in total. The number of carboxylic acid groups (broad SMARTS) is 1. The first kappa shape index (κ1) is 18.0. The fraction of sp³-hybridized carbons (Fsp3) is 0.350.